The molecule has 2 aromatic carbocycles. The van der Waals surface area contributed by atoms with Crippen LogP contribution in [0.2, 0.25) is 0 Å². The van der Waals surface area contributed by atoms with Crippen molar-refractivity contribution in [3.05, 3.63) is 65.7 Å². The molecule has 2 aromatic rings. The fourth-order valence-electron chi connectivity index (χ4n) is 3.30. The standard InChI is InChI=1S/C23H30N4O2/c1-23(2,3)25-21(28)19-10-7-11-20(16-19)24-22(29)27-14-12-26(13-15-27)17-18-8-5-4-6-9-18/h4-11,16H,12-15,17H2,1-3H3,(H,24,29)(H,25,28). The van der Waals surface area contributed by atoms with E-state index < -0.39 is 0 Å². The van der Waals surface area contributed by atoms with Crippen molar-refractivity contribution in [3.8, 4) is 0 Å². The van der Waals surface area contributed by atoms with E-state index in [0.29, 0.717) is 24.3 Å². The van der Waals surface area contributed by atoms with Crippen molar-refractivity contribution in [1.82, 2.24) is 15.1 Å². The Balaban J connectivity index is 1.52. The zero-order valence-corrected chi connectivity index (χ0v) is 17.4. The van der Waals surface area contributed by atoms with Crippen molar-refractivity contribution in [2.75, 3.05) is 31.5 Å². The molecule has 0 saturated carbocycles. The van der Waals surface area contributed by atoms with Gasteiger partial charge in [0, 0.05) is 49.5 Å². The first-order valence-corrected chi connectivity index (χ1v) is 10.0. The van der Waals surface area contributed by atoms with Crippen molar-refractivity contribution in [1.29, 1.82) is 0 Å². The summed E-state index contributed by atoms with van der Waals surface area (Å²) < 4.78 is 0. The molecule has 29 heavy (non-hydrogen) atoms. The molecule has 1 heterocycles. The number of piperazine rings is 1. The van der Waals surface area contributed by atoms with Crippen LogP contribution in [0.1, 0.15) is 36.7 Å². The molecule has 0 atom stereocenters. The molecule has 6 nitrogen and oxygen atoms in total. The normalized spacial score (nSPS) is 15.1. The lowest BCUT2D eigenvalue weighted by atomic mass is 10.1. The smallest absolute Gasteiger partial charge is 0.321 e. The Labute approximate surface area is 172 Å². The molecule has 2 N–H and O–H groups in total. The molecule has 0 unspecified atom stereocenters. The Morgan fingerprint density at radius 3 is 2.28 bits per heavy atom. The largest absolute Gasteiger partial charge is 0.347 e. The summed E-state index contributed by atoms with van der Waals surface area (Å²) in [6, 6.07) is 17.3. The number of hydrogen-bond acceptors (Lipinski definition) is 3. The summed E-state index contributed by atoms with van der Waals surface area (Å²) in [6.07, 6.45) is 0. The van der Waals surface area contributed by atoms with Gasteiger partial charge in [-0.15, -0.1) is 0 Å². The zero-order valence-electron chi connectivity index (χ0n) is 17.4. The van der Waals surface area contributed by atoms with Gasteiger partial charge in [0.2, 0.25) is 0 Å². The second kappa shape index (κ2) is 9.09. The fraction of sp³-hybridized carbons (Fsp3) is 0.391. The second-order valence-electron chi connectivity index (χ2n) is 8.46. The fourth-order valence-corrected chi connectivity index (χ4v) is 3.30. The number of anilines is 1. The number of nitrogens with zero attached hydrogens (tertiary/aromatic N) is 2. The maximum Gasteiger partial charge on any atom is 0.321 e. The molecule has 0 radical (unpaired) electrons. The lowest BCUT2D eigenvalue weighted by Gasteiger charge is -2.34. The second-order valence-corrected chi connectivity index (χ2v) is 8.46. The van der Waals surface area contributed by atoms with Crippen LogP contribution in [0.25, 0.3) is 0 Å². The Hall–Kier alpha value is -2.86. The monoisotopic (exact) mass is 394 g/mol. The number of amides is 3. The minimum Gasteiger partial charge on any atom is -0.347 e. The number of rotatable bonds is 4. The number of carbonyl (C=O) groups excluding carboxylic acids is 2. The molecule has 0 bridgehead atoms. The van der Waals surface area contributed by atoms with Crippen LogP contribution in [0, 0.1) is 0 Å². The Morgan fingerprint density at radius 2 is 1.62 bits per heavy atom. The molecule has 1 fully saturated rings. The molecule has 154 valence electrons. The predicted molar refractivity (Wildman–Crippen MR) is 116 cm³/mol. The van der Waals surface area contributed by atoms with Crippen molar-refractivity contribution < 1.29 is 9.59 Å². The first kappa shape index (κ1) is 20.9. The average Bonchev–Trinajstić information content (AvgIpc) is 2.68. The minimum absolute atomic E-state index is 0.127. The predicted octanol–water partition coefficient (Wildman–Crippen LogP) is 3.56. The van der Waals surface area contributed by atoms with Crippen LogP contribution in [-0.2, 0) is 6.54 Å². The number of urea groups is 1. The van der Waals surface area contributed by atoms with E-state index in [0.717, 1.165) is 19.6 Å². The number of hydrogen-bond donors (Lipinski definition) is 2. The average molecular weight is 395 g/mol. The summed E-state index contributed by atoms with van der Waals surface area (Å²) in [6.45, 7) is 9.77. The van der Waals surface area contributed by atoms with Gasteiger partial charge in [0.25, 0.3) is 5.91 Å². The van der Waals surface area contributed by atoms with E-state index in [2.05, 4.69) is 39.8 Å². The first-order chi connectivity index (χ1) is 13.8. The third-order valence-electron chi connectivity index (χ3n) is 4.77. The van der Waals surface area contributed by atoms with Gasteiger partial charge in [-0.3, -0.25) is 9.69 Å². The van der Waals surface area contributed by atoms with Gasteiger partial charge in [0.05, 0.1) is 0 Å². The highest BCUT2D eigenvalue weighted by molar-refractivity contribution is 5.97. The molecule has 0 spiro atoms. The lowest BCUT2D eigenvalue weighted by Crippen LogP contribution is -2.49. The Bertz CT molecular complexity index is 837. The van der Waals surface area contributed by atoms with Crippen molar-refractivity contribution >= 4 is 17.6 Å². The van der Waals surface area contributed by atoms with Gasteiger partial charge in [0.1, 0.15) is 0 Å². The van der Waals surface area contributed by atoms with Gasteiger partial charge in [-0.25, -0.2) is 4.79 Å². The van der Waals surface area contributed by atoms with Gasteiger partial charge in [-0.05, 0) is 44.5 Å². The molecular weight excluding hydrogens is 364 g/mol. The minimum atomic E-state index is -0.310. The van der Waals surface area contributed by atoms with Gasteiger partial charge < -0.3 is 15.5 Å². The van der Waals surface area contributed by atoms with Crippen LogP contribution in [-0.4, -0.2) is 53.5 Å². The molecule has 1 saturated heterocycles. The van der Waals surface area contributed by atoms with Crippen LogP contribution in [0.5, 0.6) is 0 Å². The Morgan fingerprint density at radius 1 is 0.931 bits per heavy atom. The maximum atomic E-state index is 12.6. The van der Waals surface area contributed by atoms with Gasteiger partial charge in [-0.2, -0.15) is 0 Å². The van der Waals surface area contributed by atoms with Crippen molar-refractivity contribution in [2.24, 2.45) is 0 Å². The molecule has 0 aromatic heterocycles. The SMILES string of the molecule is CC(C)(C)NC(=O)c1cccc(NC(=O)N2CCN(Cc3ccccc3)CC2)c1. The lowest BCUT2D eigenvalue weighted by molar-refractivity contribution is 0.0919. The van der Waals surface area contributed by atoms with Gasteiger partial charge in [-0.1, -0.05) is 36.4 Å². The molecule has 1 aliphatic rings. The van der Waals surface area contributed by atoms with Crippen LogP contribution in [0.4, 0.5) is 10.5 Å². The zero-order chi connectivity index (χ0) is 20.9. The summed E-state index contributed by atoms with van der Waals surface area (Å²) >= 11 is 0. The summed E-state index contributed by atoms with van der Waals surface area (Å²) in [5.41, 5.74) is 2.14. The third-order valence-corrected chi connectivity index (χ3v) is 4.77. The summed E-state index contributed by atoms with van der Waals surface area (Å²) in [5.74, 6) is -0.150. The number of nitrogens with one attached hydrogen (secondary N) is 2. The van der Waals surface area contributed by atoms with E-state index in [-0.39, 0.29) is 17.5 Å². The highest BCUT2D eigenvalue weighted by Crippen LogP contribution is 2.14. The van der Waals surface area contributed by atoms with Crippen LogP contribution in [0.3, 0.4) is 0 Å². The molecular formula is C23H30N4O2. The topological polar surface area (TPSA) is 64.7 Å². The van der Waals surface area contributed by atoms with E-state index in [1.165, 1.54) is 5.56 Å². The van der Waals surface area contributed by atoms with Gasteiger partial charge in [0.15, 0.2) is 0 Å². The van der Waals surface area contributed by atoms with E-state index in [4.69, 9.17) is 0 Å². The summed E-state index contributed by atoms with van der Waals surface area (Å²) in [5, 5.41) is 5.86. The van der Waals surface area contributed by atoms with Crippen molar-refractivity contribution in [2.45, 2.75) is 32.9 Å². The third kappa shape index (κ3) is 6.32. The molecule has 1 aliphatic heterocycles. The maximum absolute atomic E-state index is 12.6. The van der Waals surface area contributed by atoms with E-state index in [1.54, 1.807) is 24.3 Å². The number of benzene rings is 2. The molecule has 0 aliphatic carbocycles. The van der Waals surface area contributed by atoms with E-state index in [1.807, 2.05) is 31.7 Å². The molecule has 3 rings (SSSR count). The van der Waals surface area contributed by atoms with Crippen LogP contribution < -0.4 is 10.6 Å². The van der Waals surface area contributed by atoms with Crippen LogP contribution >= 0.6 is 0 Å². The molecule has 3 amide bonds. The van der Waals surface area contributed by atoms with E-state index in [9.17, 15) is 9.59 Å². The molecule has 6 heteroatoms. The quantitative estimate of drug-likeness (QED) is 0.833. The number of carbonyl (C=O) groups is 2. The summed E-state index contributed by atoms with van der Waals surface area (Å²) in [4.78, 5) is 29.2. The summed E-state index contributed by atoms with van der Waals surface area (Å²) in [7, 11) is 0. The Kier molecular flexibility index (Phi) is 6.54. The highest BCUT2D eigenvalue weighted by Gasteiger charge is 2.21. The van der Waals surface area contributed by atoms with Crippen molar-refractivity contribution in [3.63, 3.8) is 0 Å². The van der Waals surface area contributed by atoms with Gasteiger partial charge >= 0.3 is 6.03 Å². The first-order valence-electron chi connectivity index (χ1n) is 10.0. The highest BCUT2D eigenvalue weighted by atomic mass is 16.2. The van der Waals surface area contributed by atoms with Crippen LogP contribution in [0.15, 0.2) is 54.6 Å². The van der Waals surface area contributed by atoms with E-state index >= 15 is 0 Å².